The Morgan fingerprint density at radius 1 is 1.47 bits per heavy atom. The van der Waals surface area contributed by atoms with Crippen molar-refractivity contribution in [2.45, 2.75) is 39.2 Å². The molecule has 0 saturated heterocycles. The first-order valence-corrected chi connectivity index (χ1v) is 6.49. The van der Waals surface area contributed by atoms with E-state index in [0.717, 1.165) is 25.9 Å². The molecule has 1 unspecified atom stereocenters. The maximum atomic E-state index is 5.91. The highest BCUT2D eigenvalue weighted by Gasteiger charge is 2.27. The molecule has 1 heterocycles. The molecule has 4 heteroatoms. The van der Waals surface area contributed by atoms with Gasteiger partial charge in [0, 0.05) is 44.0 Å². The van der Waals surface area contributed by atoms with Crippen molar-refractivity contribution in [3.05, 3.63) is 18.0 Å². The van der Waals surface area contributed by atoms with E-state index in [9.17, 15) is 0 Å². The highest BCUT2D eigenvalue weighted by atomic mass is 15.3. The lowest BCUT2D eigenvalue weighted by molar-refractivity contribution is 0.113. The minimum atomic E-state index is 0.118. The minimum absolute atomic E-state index is 0.118. The largest absolute Gasteiger partial charge is 0.329 e. The zero-order valence-electron chi connectivity index (χ0n) is 11.6. The first-order chi connectivity index (χ1) is 8.07. The molecule has 0 spiro atoms. The van der Waals surface area contributed by atoms with Gasteiger partial charge < -0.3 is 5.73 Å². The summed E-state index contributed by atoms with van der Waals surface area (Å²) in [7, 11) is 1.99. The fraction of sp³-hybridized carbons (Fsp3) is 0.769. The average Bonchev–Trinajstić information content (AvgIpc) is 2.75. The summed E-state index contributed by atoms with van der Waals surface area (Å²) in [6, 6.07) is 2.08. The Hall–Kier alpha value is -0.870. The van der Waals surface area contributed by atoms with E-state index >= 15 is 0 Å². The Bertz CT molecular complexity index is 328. The van der Waals surface area contributed by atoms with Crippen LogP contribution in [0.5, 0.6) is 0 Å². The van der Waals surface area contributed by atoms with Gasteiger partial charge in [-0.05, 0) is 26.0 Å². The molecular formula is C13H26N4. The SMILES string of the molecule is CCN(CCc1ccnn1C)C(C)(CC)CN. The number of aryl methyl sites for hydroxylation is 1. The van der Waals surface area contributed by atoms with E-state index in [-0.39, 0.29) is 5.54 Å². The van der Waals surface area contributed by atoms with Gasteiger partial charge in [0.2, 0.25) is 0 Å². The molecule has 17 heavy (non-hydrogen) atoms. The first-order valence-electron chi connectivity index (χ1n) is 6.49. The molecule has 0 aliphatic rings. The number of hydrogen-bond donors (Lipinski definition) is 1. The maximum Gasteiger partial charge on any atom is 0.0492 e. The minimum Gasteiger partial charge on any atom is -0.329 e. The molecule has 0 amide bonds. The summed E-state index contributed by atoms with van der Waals surface area (Å²) in [5, 5.41) is 4.20. The molecule has 98 valence electrons. The molecule has 0 aromatic carbocycles. The first kappa shape index (κ1) is 14.2. The van der Waals surface area contributed by atoms with Crippen LogP contribution in [0.25, 0.3) is 0 Å². The van der Waals surface area contributed by atoms with Crippen molar-refractivity contribution < 1.29 is 0 Å². The third-order valence-corrected chi connectivity index (χ3v) is 3.91. The van der Waals surface area contributed by atoms with Crippen LogP contribution in [0.1, 0.15) is 32.9 Å². The highest BCUT2D eigenvalue weighted by Crippen LogP contribution is 2.18. The van der Waals surface area contributed by atoms with Crippen LogP contribution in [0, 0.1) is 0 Å². The predicted octanol–water partition coefficient (Wildman–Crippen LogP) is 1.41. The highest BCUT2D eigenvalue weighted by molar-refractivity contribution is 5.01. The lowest BCUT2D eigenvalue weighted by atomic mass is 9.96. The van der Waals surface area contributed by atoms with E-state index < -0.39 is 0 Å². The van der Waals surface area contributed by atoms with Crippen LogP contribution in [-0.4, -0.2) is 39.9 Å². The van der Waals surface area contributed by atoms with Crippen molar-refractivity contribution in [3.63, 3.8) is 0 Å². The van der Waals surface area contributed by atoms with Crippen LogP contribution >= 0.6 is 0 Å². The van der Waals surface area contributed by atoms with Gasteiger partial charge in [-0.2, -0.15) is 5.10 Å². The summed E-state index contributed by atoms with van der Waals surface area (Å²) in [4.78, 5) is 2.47. The molecule has 4 nitrogen and oxygen atoms in total. The van der Waals surface area contributed by atoms with Gasteiger partial charge in [-0.1, -0.05) is 13.8 Å². The van der Waals surface area contributed by atoms with Crippen molar-refractivity contribution in [1.29, 1.82) is 0 Å². The number of likely N-dealkylation sites (N-methyl/N-ethyl adjacent to an activating group) is 1. The van der Waals surface area contributed by atoms with E-state index in [2.05, 4.69) is 36.8 Å². The van der Waals surface area contributed by atoms with Gasteiger partial charge in [0.25, 0.3) is 0 Å². The fourth-order valence-electron chi connectivity index (χ4n) is 2.20. The zero-order chi connectivity index (χ0) is 12.9. The van der Waals surface area contributed by atoms with Crippen molar-refractivity contribution >= 4 is 0 Å². The molecule has 0 aliphatic carbocycles. The molecule has 1 aromatic heterocycles. The summed E-state index contributed by atoms with van der Waals surface area (Å²) >= 11 is 0. The Labute approximate surface area is 105 Å². The van der Waals surface area contributed by atoms with Crippen LogP contribution in [0.4, 0.5) is 0 Å². The molecule has 0 fully saturated rings. The van der Waals surface area contributed by atoms with Crippen LogP contribution < -0.4 is 5.73 Å². The van der Waals surface area contributed by atoms with Gasteiger partial charge in [-0.25, -0.2) is 0 Å². The molecule has 0 saturated carbocycles. The normalized spacial score (nSPS) is 15.2. The van der Waals surface area contributed by atoms with Gasteiger partial charge in [0.15, 0.2) is 0 Å². The van der Waals surface area contributed by atoms with Crippen LogP contribution in [0.2, 0.25) is 0 Å². The molecule has 2 N–H and O–H groups in total. The Morgan fingerprint density at radius 3 is 2.59 bits per heavy atom. The fourth-order valence-corrected chi connectivity index (χ4v) is 2.20. The van der Waals surface area contributed by atoms with Crippen molar-refractivity contribution in [3.8, 4) is 0 Å². The number of nitrogens with two attached hydrogens (primary N) is 1. The number of hydrogen-bond acceptors (Lipinski definition) is 3. The van der Waals surface area contributed by atoms with Crippen molar-refractivity contribution in [1.82, 2.24) is 14.7 Å². The van der Waals surface area contributed by atoms with E-state index in [0.29, 0.717) is 6.54 Å². The molecular weight excluding hydrogens is 212 g/mol. The summed E-state index contributed by atoms with van der Waals surface area (Å²) in [5.74, 6) is 0. The van der Waals surface area contributed by atoms with E-state index in [1.165, 1.54) is 5.69 Å². The van der Waals surface area contributed by atoms with E-state index in [4.69, 9.17) is 5.73 Å². The summed E-state index contributed by atoms with van der Waals surface area (Å²) < 4.78 is 1.94. The van der Waals surface area contributed by atoms with Crippen LogP contribution in [-0.2, 0) is 13.5 Å². The second-order valence-electron chi connectivity index (χ2n) is 4.83. The van der Waals surface area contributed by atoms with Gasteiger partial charge in [0.1, 0.15) is 0 Å². The molecule has 0 radical (unpaired) electrons. The second kappa shape index (κ2) is 6.17. The molecule has 1 atom stereocenters. The summed E-state index contributed by atoms with van der Waals surface area (Å²) in [5.41, 5.74) is 7.31. The second-order valence-corrected chi connectivity index (χ2v) is 4.83. The van der Waals surface area contributed by atoms with E-state index in [1.54, 1.807) is 0 Å². The number of aromatic nitrogens is 2. The Kier molecular flexibility index (Phi) is 5.15. The molecule has 1 rings (SSSR count). The van der Waals surface area contributed by atoms with E-state index in [1.807, 2.05) is 17.9 Å². The lowest BCUT2D eigenvalue weighted by Crippen LogP contribution is -2.51. The van der Waals surface area contributed by atoms with Crippen molar-refractivity contribution in [2.75, 3.05) is 19.6 Å². The van der Waals surface area contributed by atoms with Gasteiger partial charge >= 0.3 is 0 Å². The molecule has 0 bridgehead atoms. The third-order valence-electron chi connectivity index (χ3n) is 3.91. The number of rotatable bonds is 7. The predicted molar refractivity (Wildman–Crippen MR) is 71.9 cm³/mol. The summed E-state index contributed by atoms with van der Waals surface area (Å²) in [6.07, 6.45) is 3.97. The monoisotopic (exact) mass is 238 g/mol. The van der Waals surface area contributed by atoms with Gasteiger partial charge in [-0.15, -0.1) is 0 Å². The molecule has 0 aliphatic heterocycles. The summed E-state index contributed by atoms with van der Waals surface area (Å²) in [6.45, 7) is 9.45. The zero-order valence-corrected chi connectivity index (χ0v) is 11.6. The Morgan fingerprint density at radius 2 is 2.18 bits per heavy atom. The standard InChI is InChI=1S/C13H26N4/c1-5-13(3,11-14)17(6-2)10-8-12-7-9-15-16(12)4/h7,9H,5-6,8,10-11,14H2,1-4H3. The third kappa shape index (κ3) is 3.30. The maximum absolute atomic E-state index is 5.91. The Balaban J connectivity index is 2.62. The topological polar surface area (TPSA) is 47.1 Å². The number of nitrogens with zero attached hydrogens (tertiary/aromatic N) is 3. The molecule has 1 aromatic rings. The average molecular weight is 238 g/mol. The van der Waals surface area contributed by atoms with Gasteiger partial charge in [-0.3, -0.25) is 9.58 Å². The van der Waals surface area contributed by atoms with Crippen LogP contribution in [0.3, 0.4) is 0 Å². The quantitative estimate of drug-likeness (QED) is 0.781. The van der Waals surface area contributed by atoms with Crippen LogP contribution in [0.15, 0.2) is 12.3 Å². The smallest absolute Gasteiger partial charge is 0.0492 e. The van der Waals surface area contributed by atoms with Crippen molar-refractivity contribution in [2.24, 2.45) is 12.8 Å². The lowest BCUT2D eigenvalue weighted by Gasteiger charge is -2.39. The van der Waals surface area contributed by atoms with Gasteiger partial charge in [0.05, 0.1) is 0 Å².